The van der Waals surface area contributed by atoms with Gasteiger partial charge in [-0.3, -0.25) is 4.79 Å². The Labute approximate surface area is 181 Å². The Morgan fingerprint density at radius 2 is 1.90 bits per heavy atom. The number of benzene rings is 2. The van der Waals surface area contributed by atoms with E-state index >= 15 is 0 Å². The van der Waals surface area contributed by atoms with Crippen molar-refractivity contribution >= 4 is 39.5 Å². The van der Waals surface area contributed by atoms with Crippen LogP contribution in [0.25, 0.3) is 0 Å². The van der Waals surface area contributed by atoms with Crippen LogP contribution in [-0.4, -0.2) is 43.8 Å². The van der Waals surface area contributed by atoms with E-state index < -0.39 is 18.0 Å². The third kappa shape index (κ3) is 5.50. The summed E-state index contributed by atoms with van der Waals surface area (Å²) in [5.74, 6) is -1.04. The SMILES string of the molecule is COc1cc(C(=O)OC2CC(C)OC2=O)ccc1OCC(=O)Nc1ccc(Br)cc1. The molecule has 0 radical (unpaired) electrons. The van der Waals surface area contributed by atoms with Gasteiger partial charge < -0.3 is 24.3 Å². The van der Waals surface area contributed by atoms with Crippen molar-refractivity contribution in [2.45, 2.75) is 25.6 Å². The topological polar surface area (TPSA) is 100 Å². The van der Waals surface area contributed by atoms with Crippen LogP contribution in [0.2, 0.25) is 0 Å². The molecule has 0 bridgehead atoms. The van der Waals surface area contributed by atoms with Gasteiger partial charge in [-0.15, -0.1) is 0 Å². The van der Waals surface area contributed by atoms with Gasteiger partial charge in [0.2, 0.25) is 6.10 Å². The Bertz CT molecular complexity index is 945. The summed E-state index contributed by atoms with van der Waals surface area (Å²) in [6, 6.07) is 11.5. The molecule has 0 aliphatic carbocycles. The van der Waals surface area contributed by atoms with Gasteiger partial charge in [0.05, 0.1) is 12.7 Å². The highest BCUT2D eigenvalue weighted by Crippen LogP contribution is 2.29. The first-order valence-corrected chi connectivity index (χ1v) is 9.92. The van der Waals surface area contributed by atoms with Crippen LogP contribution in [-0.2, 0) is 19.1 Å². The van der Waals surface area contributed by atoms with E-state index in [4.69, 9.17) is 18.9 Å². The highest BCUT2D eigenvalue weighted by Gasteiger charge is 2.35. The summed E-state index contributed by atoms with van der Waals surface area (Å²) < 4.78 is 21.9. The third-order valence-electron chi connectivity index (χ3n) is 4.26. The highest BCUT2D eigenvalue weighted by atomic mass is 79.9. The number of hydrogen-bond acceptors (Lipinski definition) is 7. The first kappa shape index (κ1) is 21.6. The van der Waals surface area contributed by atoms with Crippen LogP contribution in [0.4, 0.5) is 5.69 Å². The number of anilines is 1. The maximum absolute atomic E-state index is 12.3. The molecule has 1 heterocycles. The number of methoxy groups -OCH3 is 1. The first-order chi connectivity index (χ1) is 14.4. The summed E-state index contributed by atoms with van der Waals surface area (Å²) in [7, 11) is 1.41. The fourth-order valence-corrected chi connectivity index (χ4v) is 3.07. The van der Waals surface area contributed by atoms with E-state index in [0.717, 1.165) is 4.47 Å². The van der Waals surface area contributed by atoms with E-state index in [0.29, 0.717) is 12.1 Å². The number of rotatable bonds is 7. The quantitative estimate of drug-likeness (QED) is 0.610. The number of hydrogen-bond donors (Lipinski definition) is 1. The van der Waals surface area contributed by atoms with Gasteiger partial charge in [-0.1, -0.05) is 15.9 Å². The minimum atomic E-state index is -0.920. The van der Waals surface area contributed by atoms with E-state index in [-0.39, 0.29) is 35.7 Å². The zero-order chi connectivity index (χ0) is 21.7. The lowest BCUT2D eigenvalue weighted by Gasteiger charge is -2.13. The number of carbonyl (C=O) groups is 3. The average molecular weight is 478 g/mol. The molecular weight excluding hydrogens is 458 g/mol. The van der Waals surface area contributed by atoms with Gasteiger partial charge in [0.25, 0.3) is 5.91 Å². The van der Waals surface area contributed by atoms with Crippen molar-refractivity contribution < 1.29 is 33.3 Å². The van der Waals surface area contributed by atoms with Crippen molar-refractivity contribution in [1.82, 2.24) is 0 Å². The number of amides is 1. The van der Waals surface area contributed by atoms with Gasteiger partial charge in [-0.2, -0.15) is 0 Å². The molecule has 0 spiro atoms. The molecule has 30 heavy (non-hydrogen) atoms. The summed E-state index contributed by atoms with van der Waals surface area (Å²) in [4.78, 5) is 36.1. The van der Waals surface area contributed by atoms with Crippen LogP contribution < -0.4 is 14.8 Å². The van der Waals surface area contributed by atoms with Gasteiger partial charge in [0.1, 0.15) is 6.10 Å². The molecule has 1 fully saturated rings. The van der Waals surface area contributed by atoms with Crippen LogP contribution in [0.1, 0.15) is 23.7 Å². The molecule has 2 atom stereocenters. The smallest absolute Gasteiger partial charge is 0.347 e. The Hall–Kier alpha value is -3.07. The van der Waals surface area contributed by atoms with Crippen LogP contribution >= 0.6 is 15.9 Å². The molecule has 1 amide bonds. The van der Waals surface area contributed by atoms with Crippen molar-refractivity contribution in [1.29, 1.82) is 0 Å². The number of cyclic esters (lactones) is 1. The Morgan fingerprint density at radius 3 is 2.53 bits per heavy atom. The monoisotopic (exact) mass is 477 g/mol. The molecule has 1 aliphatic heterocycles. The lowest BCUT2D eigenvalue weighted by atomic mass is 10.2. The molecule has 1 aliphatic rings. The number of nitrogens with one attached hydrogen (secondary N) is 1. The largest absolute Gasteiger partial charge is 0.493 e. The molecule has 3 rings (SSSR count). The maximum atomic E-state index is 12.3. The fraction of sp³-hybridized carbons (Fsp3) is 0.286. The molecule has 2 aromatic rings. The van der Waals surface area contributed by atoms with Crippen LogP contribution in [0, 0.1) is 0 Å². The Balaban J connectivity index is 1.59. The zero-order valence-corrected chi connectivity index (χ0v) is 17.9. The lowest BCUT2D eigenvalue weighted by molar-refractivity contribution is -0.147. The summed E-state index contributed by atoms with van der Waals surface area (Å²) in [6.45, 7) is 1.48. The van der Waals surface area contributed by atoms with Gasteiger partial charge in [0, 0.05) is 16.6 Å². The third-order valence-corrected chi connectivity index (χ3v) is 4.79. The van der Waals surface area contributed by atoms with E-state index in [1.54, 1.807) is 19.1 Å². The predicted molar refractivity (Wildman–Crippen MR) is 111 cm³/mol. The molecule has 158 valence electrons. The average Bonchev–Trinajstić information content (AvgIpc) is 3.04. The van der Waals surface area contributed by atoms with Crippen LogP contribution in [0.5, 0.6) is 11.5 Å². The molecule has 2 aromatic carbocycles. The van der Waals surface area contributed by atoms with Crippen LogP contribution in [0.15, 0.2) is 46.9 Å². The second kappa shape index (κ2) is 9.62. The molecule has 1 N–H and O–H groups in total. The number of halogens is 1. The standard InChI is InChI=1S/C21H20BrNO7/c1-12-9-18(21(26)29-12)30-20(25)13-3-8-16(17(10-13)27-2)28-11-19(24)23-15-6-4-14(22)5-7-15/h3-8,10,12,18H,9,11H2,1-2H3,(H,23,24). The number of carbonyl (C=O) groups excluding carboxylic acids is 3. The van der Waals surface area contributed by atoms with Gasteiger partial charge in [-0.25, -0.2) is 9.59 Å². The molecule has 1 saturated heterocycles. The van der Waals surface area contributed by atoms with E-state index in [9.17, 15) is 14.4 Å². The van der Waals surface area contributed by atoms with E-state index in [2.05, 4.69) is 21.2 Å². The van der Waals surface area contributed by atoms with Gasteiger partial charge >= 0.3 is 11.9 Å². The predicted octanol–water partition coefficient (Wildman–Crippen LogP) is 3.34. The number of esters is 2. The summed E-state index contributed by atoms with van der Waals surface area (Å²) in [5.41, 5.74) is 0.822. The first-order valence-electron chi connectivity index (χ1n) is 9.13. The van der Waals surface area contributed by atoms with Crippen molar-refractivity contribution in [2.75, 3.05) is 19.0 Å². The fourth-order valence-electron chi connectivity index (χ4n) is 2.80. The van der Waals surface area contributed by atoms with E-state index in [1.807, 2.05) is 12.1 Å². The maximum Gasteiger partial charge on any atom is 0.347 e. The van der Waals surface area contributed by atoms with Crippen molar-refractivity contribution in [3.8, 4) is 11.5 Å². The second-order valence-electron chi connectivity index (χ2n) is 6.59. The Kier molecular flexibility index (Phi) is 6.94. The van der Waals surface area contributed by atoms with Gasteiger partial charge in [-0.05, 0) is 49.4 Å². The number of ether oxygens (including phenoxy) is 4. The van der Waals surface area contributed by atoms with Gasteiger partial charge in [0.15, 0.2) is 18.1 Å². The molecule has 8 nitrogen and oxygen atoms in total. The molecule has 0 saturated carbocycles. The summed E-state index contributed by atoms with van der Waals surface area (Å²) in [5, 5.41) is 2.71. The zero-order valence-electron chi connectivity index (χ0n) is 16.3. The van der Waals surface area contributed by atoms with E-state index in [1.165, 1.54) is 25.3 Å². The van der Waals surface area contributed by atoms with Crippen molar-refractivity contribution in [3.05, 3.63) is 52.5 Å². The lowest BCUT2D eigenvalue weighted by Crippen LogP contribution is -2.23. The van der Waals surface area contributed by atoms with Crippen molar-refractivity contribution in [2.24, 2.45) is 0 Å². The van der Waals surface area contributed by atoms with Crippen molar-refractivity contribution in [3.63, 3.8) is 0 Å². The molecular formula is C21H20BrNO7. The summed E-state index contributed by atoms with van der Waals surface area (Å²) in [6.07, 6.45) is -0.892. The molecule has 9 heteroatoms. The normalized spacial score (nSPS) is 17.8. The molecule has 0 aromatic heterocycles. The second-order valence-corrected chi connectivity index (χ2v) is 7.50. The minimum Gasteiger partial charge on any atom is -0.493 e. The van der Waals surface area contributed by atoms with Crippen LogP contribution in [0.3, 0.4) is 0 Å². The molecule has 2 unspecified atom stereocenters. The highest BCUT2D eigenvalue weighted by molar-refractivity contribution is 9.10. The Morgan fingerprint density at radius 1 is 1.17 bits per heavy atom. The minimum absolute atomic E-state index is 0.186. The summed E-state index contributed by atoms with van der Waals surface area (Å²) >= 11 is 3.33.